The summed E-state index contributed by atoms with van der Waals surface area (Å²) in [6, 6.07) is 2.42. The van der Waals surface area contributed by atoms with Crippen LogP contribution in [0.4, 0.5) is 0 Å². The predicted molar refractivity (Wildman–Crippen MR) is 76.2 cm³/mol. The minimum Gasteiger partial charge on any atom is -0.478 e. The largest absolute Gasteiger partial charge is 0.478 e. The number of aromatic carboxylic acids is 1. The van der Waals surface area contributed by atoms with E-state index in [0.717, 1.165) is 6.07 Å². The van der Waals surface area contributed by atoms with Crippen molar-refractivity contribution in [2.75, 3.05) is 5.75 Å². The van der Waals surface area contributed by atoms with Crippen molar-refractivity contribution in [3.63, 3.8) is 0 Å². The van der Waals surface area contributed by atoms with Crippen LogP contribution in [0.25, 0.3) is 0 Å². The zero-order valence-corrected chi connectivity index (χ0v) is 13.3. The molecule has 0 aliphatic rings. The molecule has 0 radical (unpaired) electrons. The molecule has 1 atom stereocenters. The first-order chi connectivity index (χ1) is 9.06. The normalized spacial score (nSPS) is 12.9. The van der Waals surface area contributed by atoms with Crippen molar-refractivity contribution < 1.29 is 23.1 Å². The molecule has 1 aromatic carbocycles. The number of sulfone groups is 1. The molecule has 0 bridgehead atoms. The van der Waals surface area contributed by atoms with Gasteiger partial charge in [-0.1, -0.05) is 22.9 Å². The third kappa shape index (κ3) is 3.57. The number of halogens is 1. The van der Waals surface area contributed by atoms with E-state index in [9.17, 15) is 18.0 Å². The number of amides is 1. The second kappa shape index (κ2) is 5.92. The zero-order chi connectivity index (χ0) is 15.7. The number of benzene rings is 1. The number of nitrogens with two attached hydrogens (primary N) is 1. The number of carboxylic acid groups (broad SMARTS) is 1. The molecule has 0 heterocycles. The van der Waals surface area contributed by atoms with Gasteiger partial charge in [0.2, 0.25) is 5.91 Å². The molecule has 0 aliphatic carbocycles. The molecule has 1 aromatic rings. The Morgan fingerprint density at radius 2 is 1.95 bits per heavy atom. The number of carboxylic acids is 1. The predicted octanol–water partition coefficient (Wildman–Crippen LogP) is 1.35. The van der Waals surface area contributed by atoms with Gasteiger partial charge in [-0.15, -0.1) is 0 Å². The third-order valence-electron chi connectivity index (χ3n) is 2.83. The maximum atomic E-state index is 12.3. The van der Waals surface area contributed by atoms with E-state index in [-0.39, 0.29) is 10.5 Å². The van der Waals surface area contributed by atoms with Gasteiger partial charge in [0.15, 0.2) is 9.84 Å². The smallest absolute Gasteiger partial charge is 0.335 e. The van der Waals surface area contributed by atoms with Gasteiger partial charge >= 0.3 is 5.97 Å². The van der Waals surface area contributed by atoms with Crippen LogP contribution in [0.15, 0.2) is 21.5 Å². The van der Waals surface area contributed by atoms with Gasteiger partial charge in [-0.25, -0.2) is 13.2 Å². The fourth-order valence-corrected chi connectivity index (χ4v) is 4.08. The van der Waals surface area contributed by atoms with E-state index in [1.807, 2.05) is 0 Å². The van der Waals surface area contributed by atoms with E-state index in [2.05, 4.69) is 15.9 Å². The molecule has 1 rings (SSSR count). The molecule has 0 fully saturated rings. The molecule has 0 saturated heterocycles. The highest BCUT2D eigenvalue weighted by Crippen LogP contribution is 2.27. The summed E-state index contributed by atoms with van der Waals surface area (Å²) in [5.74, 6) is -3.27. The van der Waals surface area contributed by atoms with Crippen LogP contribution in [0.2, 0.25) is 0 Å². The maximum absolute atomic E-state index is 12.3. The first-order valence-corrected chi connectivity index (χ1v) is 8.06. The van der Waals surface area contributed by atoms with Gasteiger partial charge in [-0.05, 0) is 24.6 Å². The molecule has 0 aliphatic heterocycles. The van der Waals surface area contributed by atoms with Gasteiger partial charge in [-0.2, -0.15) is 0 Å². The second-order valence-electron chi connectivity index (χ2n) is 4.47. The molecular formula is C12H14BrNO5S. The lowest BCUT2D eigenvalue weighted by molar-refractivity contribution is -0.120. The molecular weight excluding hydrogens is 350 g/mol. The summed E-state index contributed by atoms with van der Waals surface area (Å²) in [5.41, 5.74) is 5.31. The third-order valence-corrected chi connectivity index (χ3v) is 5.69. The molecule has 0 spiro atoms. The fourth-order valence-electron chi connectivity index (χ4n) is 1.60. The Morgan fingerprint density at radius 3 is 2.40 bits per heavy atom. The van der Waals surface area contributed by atoms with Gasteiger partial charge in [0.1, 0.15) is 0 Å². The number of hydrogen-bond acceptors (Lipinski definition) is 4. The maximum Gasteiger partial charge on any atom is 0.335 e. The van der Waals surface area contributed by atoms with Crippen LogP contribution >= 0.6 is 15.9 Å². The Kier molecular flexibility index (Phi) is 4.93. The van der Waals surface area contributed by atoms with Gasteiger partial charge in [0.25, 0.3) is 0 Å². The van der Waals surface area contributed by atoms with E-state index < -0.39 is 33.4 Å². The monoisotopic (exact) mass is 363 g/mol. The molecule has 110 valence electrons. The molecule has 3 N–H and O–H groups in total. The first kappa shape index (κ1) is 16.6. The summed E-state index contributed by atoms with van der Waals surface area (Å²) < 4.78 is 24.9. The Hall–Kier alpha value is -1.41. The highest BCUT2D eigenvalue weighted by atomic mass is 79.9. The Balaban J connectivity index is 3.38. The average Bonchev–Trinajstić information content (AvgIpc) is 2.31. The highest BCUT2D eigenvalue weighted by molar-refractivity contribution is 9.10. The van der Waals surface area contributed by atoms with E-state index >= 15 is 0 Å². The van der Waals surface area contributed by atoms with Crippen LogP contribution in [0, 0.1) is 12.8 Å². The van der Waals surface area contributed by atoms with Crippen LogP contribution in [0.3, 0.4) is 0 Å². The number of carbonyl (C=O) groups is 2. The number of rotatable bonds is 5. The van der Waals surface area contributed by atoms with E-state index in [4.69, 9.17) is 10.8 Å². The average molecular weight is 364 g/mol. The minimum absolute atomic E-state index is 0.114. The molecule has 6 nitrogen and oxygen atoms in total. The Morgan fingerprint density at radius 1 is 1.40 bits per heavy atom. The van der Waals surface area contributed by atoms with Crippen molar-refractivity contribution in [2.45, 2.75) is 18.7 Å². The van der Waals surface area contributed by atoms with E-state index in [0.29, 0.717) is 10.0 Å². The van der Waals surface area contributed by atoms with Crippen LogP contribution in [0.1, 0.15) is 22.8 Å². The van der Waals surface area contributed by atoms with Gasteiger partial charge in [0.05, 0.1) is 16.2 Å². The lowest BCUT2D eigenvalue weighted by Gasteiger charge is -2.13. The number of carbonyl (C=O) groups excluding carboxylic acids is 1. The summed E-state index contributed by atoms with van der Waals surface area (Å²) in [4.78, 5) is 21.9. The first-order valence-electron chi connectivity index (χ1n) is 5.61. The summed E-state index contributed by atoms with van der Waals surface area (Å²) >= 11 is 3.13. The molecule has 20 heavy (non-hydrogen) atoms. The number of primary amides is 1. The van der Waals surface area contributed by atoms with Crippen molar-refractivity contribution in [2.24, 2.45) is 11.7 Å². The van der Waals surface area contributed by atoms with Crippen molar-refractivity contribution in [3.8, 4) is 0 Å². The van der Waals surface area contributed by atoms with Crippen LogP contribution in [-0.4, -0.2) is 31.2 Å². The van der Waals surface area contributed by atoms with Crippen molar-refractivity contribution >= 4 is 37.6 Å². The Labute approximate surface area is 125 Å². The molecule has 0 aromatic heterocycles. The van der Waals surface area contributed by atoms with Crippen LogP contribution in [0.5, 0.6) is 0 Å². The Bertz CT molecular complexity index is 669. The molecule has 1 amide bonds. The SMILES string of the molecule is Cc1c(Br)cc(C(=O)O)cc1S(=O)(=O)CC(C)C(N)=O. The van der Waals surface area contributed by atoms with Crippen LogP contribution in [-0.2, 0) is 14.6 Å². The van der Waals surface area contributed by atoms with Gasteiger partial charge in [-0.3, -0.25) is 4.79 Å². The minimum atomic E-state index is -3.81. The standard InChI is InChI=1S/C12H14BrNO5S/c1-6(11(14)15)5-20(18,19)10-4-8(12(16)17)3-9(13)7(10)2/h3-4,6H,5H2,1-2H3,(H2,14,15)(H,16,17). The number of hydrogen-bond donors (Lipinski definition) is 2. The fraction of sp³-hybridized carbons (Fsp3) is 0.333. The second-order valence-corrected chi connectivity index (χ2v) is 7.33. The quantitative estimate of drug-likeness (QED) is 0.819. The van der Waals surface area contributed by atoms with Crippen molar-refractivity contribution in [1.29, 1.82) is 0 Å². The summed E-state index contributed by atoms with van der Waals surface area (Å²) in [5, 5.41) is 8.97. The lowest BCUT2D eigenvalue weighted by atomic mass is 10.1. The highest BCUT2D eigenvalue weighted by Gasteiger charge is 2.25. The van der Waals surface area contributed by atoms with Crippen molar-refractivity contribution in [1.82, 2.24) is 0 Å². The molecule has 0 saturated carbocycles. The zero-order valence-electron chi connectivity index (χ0n) is 10.9. The van der Waals surface area contributed by atoms with Crippen molar-refractivity contribution in [3.05, 3.63) is 27.7 Å². The van der Waals surface area contributed by atoms with Gasteiger partial charge < -0.3 is 10.8 Å². The summed E-state index contributed by atoms with van der Waals surface area (Å²) in [6.07, 6.45) is 0. The van der Waals surface area contributed by atoms with Gasteiger partial charge in [0, 0.05) is 10.4 Å². The molecule has 8 heteroatoms. The van der Waals surface area contributed by atoms with Crippen LogP contribution < -0.4 is 5.73 Å². The van der Waals surface area contributed by atoms with E-state index in [1.54, 1.807) is 6.92 Å². The van der Waals surface area contributed by atoms with E-state index in [1.165, 1.54) is 13.0 Å². The lowest BCUT2D eigenvalue weighted by Crippen LogP contribution is -2.27. The topological polar surface area (TPSA) is 115 Å². The summed E-state index contributed by atoms with van der Waals surface area (Å²) in [7, 11) is -3.81. The summed E-state index contributed by atoms with van der Waals surface area (Å²) in [6.45, 7) is 2.96. The molecule has 1 unspecified atom stereocenters.